The Labute approximate surface area is 82.6 Å². The Morgan fingerprint density at radius 2 is 2.00 bits per heavy atom. The molecule has 1 aliphatic rings. The van der Waals surface area contributed by atoms with Crippen LogP contribution in [-0.4, -0.2) is 24.6 Å². The van der Waals surface area contributed by atoms with E-state index in [1.54, 1.807) is 0 Å². The van der Waals surface area contributed by atoms with Gasteiger partial charge in [0, 0.05) is 6.42 Å². The van der Waals surface area contributed by atoms with Gasteiger partial charge in [-0.2, -0.15) is 0 Å². The molecule has 0 heterocycles. The van der Waals surface area contributed by atoms with Crippen molar-refractivity contribution in [3.8, 4) is 0 Å². The largest absolute Gasteiger partial charge is 0.463 e. The number of carbonyl (C=O) groups is 3. The van der Waals surface area contributed by atoms with Crippen molar-refractivity contribution in [2.24, 2.45) is 5.92 Å². The maximum atomic E-state index is 11.4. The molecule has 14 heavy (non-hydrogen) atoms. The van der Waals surface area contributed by atoms with Crippen LogP contribution in [0.4, 0.5) is 0 Å². The minimum absolute atomic E-state index is 0.113. The molecular formula is C10H14O4. The molecule has 1 fully saturated rings. The van der Waals surface area contributed by atoms with E-state index in [2.05, 4.69) is 4.74 Å². The van der Waals surface area contributed by atoms with Crippen molar-refractivity contribution in [1.82, 2.24) is 0 Å². The molecule has 0 aromatic rings. The number of ketones is 2. The summed E-state index contributed by atoms with van der Waals surface area (Å²) in [4.78, 5) is 33.8. The minimum Gasteiger partial charge on any atom is -0.463 e. The van der Waals surface area contributed by atoms with Crippen molar-refractivity contribution in [3.63, 3.8) is 0 Å². The quantitative estimate of drug-likeness (QED) is 0.286. The Kier molecular flexibility index (Phi) is 3.80. The van der Waals surface area contributed by atoms with Crippen molar-refractivity contribution >= 4 is 17.5 Å². The van der Waals surface area contributed by atoms with Crippen molar-refractivity contribution in [2.75, 3.05) is 7.11 Å². The van der Waals surface area contributed by atoms with Gasteiger partial charge in [-0.15, -0.1) is 0 Å². The molecule has 1 saturated carbocycles. The zero-order valence-corrected chi connectivity index (χ0v) is 8.25. The van der Waals surface area contributed by atoms with Crippen LogP contribution in [0.1, 0.15) is 32.1 Å². The standard InChI is InChI=1S/C10H14O4/c1-14-10(13)9(12)7-5-3-2-4-6-8(7)11/h7H,2-6H2,1H3. The summed E-state index contributed by atoms with van der Waals surface area (Å²) in [5, 5.41) is 0. The number of ether oxygens (including phenoxy) is 1. The van der Waals surface area contributed by atoms with Crippen LogP contribution in [0.15, 0.2) is 0 Å². The van der Waals surface area contributed by atoms with Crippen LogP contribution in [0, 0.1) is 5.92 Å². The van der Waals surface area contributed by atoms with Gasteiger partial charge in [-0.3, -0.25) is 9.59 Å². The van der Waals surface area contributed by atoms with Gasteiger partial charge < -0.3 is 4.74 Å². The lowest BCUT2D eigenvalue weighted by Crippen LogP contribution is -2.30. The van der Waals surface area contributed by atoms with Crippen molar-refractivity contribution < 1.29 is 19.1 Å². The smallest absolute Gasteiger partial charge is 0.375 e. The van der Waals surface area contributed by atoms with Gasteiger partial charge in [-0.25, -0.2) is 4.79 Å². The van der Waals surface area contributed by atoms with E-state index in [9.17, 15) is 14.4 Å². The SMILES string of the molecule is COC(=O)C(=O)C1CCCCCC1=O. The molecule has 0 N–H and O–H groups in total. The lowest BCUT2D eigenvalue weighted by Gasteiger charge is -2.08. The summed E-state index contributed by atoms with van der Waals surface area (Å²) in [6.07, 6.45) is 3.51. The molecule has 0 aromatic carbocycles. The summed E-state index contributed by atoms with van der Waals surface area (Å²) in [5.74, 6) is -2.44. The Morgan fingerprint density at radius 1 is 1.29 bits per heavy atom. The number of rotatable bonds is 2. The van der Waals surface area contributed by atoms with Gasteiger partial charge in [-0.1, -0.05) is 12.8 Å². The van der Waals surface area contributed by atoms with Gasteiger partial charge in [0.1, 0.15) is 5.78 Å². The van der Waals surface area contributed by atoms with E-state index in [4.69, 9.17) is 0 Å². The highest BCUT2D eigenvalue weighted by atomic mass is 16.5. The minimum atomic E-state index is -0.898. The van der Waals surface area contributed by atoms with Crippen LogP contribution in [-0.2, 0) is 19.1 Å². The molecule has 1 atom stereocenters. The molecule has 4 nitrogen and oxygen atoms in total. The molecule has 1 unspecified atom stereocenters. The second kappa shape index (κ2) is 4.88. The van der Waals surface area contributed by atoms with E-state index in [0.29, 0.717) is 12.8 Å². The predicted octanol–water partition coefficient (Wildman–Crippen LogP) is 0.878. The molecular weight excluding hydrogens is 184 g/mol. The zero-order valence-electron chi connectivity index (χ0n) is 8.25. The van der Waals surface area contributed by atoms with E-state index in [0.717, 1.165) is 26.4 Å². The number of methoxy groups -OCH3 is 1. The Hall–Kier alpha value is -1.19. The first-order valence-corrected chi connectivity index (χ1v) is 4.81. The molecule has 0 radical (unpaired) electrons. The van der Waals surface area contributed by atoms with Crippen LogP contribution < -0.4 is 0 Å². The Morgan fingerprint density at radius 3 is 2.64 bits per heavy atom. The van der Waals surface area contributed by atoms with Crippen LogP contribution in [0.2, 0.25) is 0 Å². The zero-order chi connectivity index (χ0) is 10.6. The third kappa shape index (κ3) is 2.40. The Bertz CT molecular complexity index is 257. The number of carbonyl (C=O) groups excluding carboxylic acids is 3. The van der Waals surface area contributed by atoms with Gasteiger partial charge in [0.2, 0.25) is 5.78 Å². The number of hydrogen-bond donors (Lipinski definition) is 0. The normalized spacial score (nSPS) is 22.6. The predicted molar refractivity (Wildman–Crippen MR) is 48.6 cm³/mol. The molecule has 0 spiro atoms. The highest BCUT2D eigenvalue weighted by molar-refractivity contribution is 6.38. The number of Topliss-reactive ketones (excluding diaryl/α,β-unsaturated/α-hetero) is 2. The van der Waals surface area contributed by atoms with Gasteiger partial charge in [0.25, 0.3) is 0 Å². The first kappa shape index (κ1) is 10.9. The molecule has 0 amide bonds. The fourth-order valence-electron chi connectivity index (χ4n) is 1.68. The van der Waals surface area contributed by atoms with E-state index in [1.165, 1.54) is 0 Å². The summed E-state index contributed by atoms with van der Waals surface area (Å²) >= 11 is 0. The second-order valence-electron chi connectivity index (χ2n) is 3.47. The topological polar surface area (TPSA) is 60.4 Å². The number of hydrogen-bond acceptors (Lipinski definition) is 4. The summed E-state index contributed by atoms with van der Waals surface area (Å²) in [6, 6.07) is 0. The molecule has 1 rings (SSSR count). The van der Waals surface area contributed by atoms with Gasteiger partial charge >= 0.3 is 5.97 Å². The van der Waals surface area contributed by atoms with Crippen LogP contribution in [0.3, 0.4) is 0 Å². The molecule has 78 valence electrons. The third-order valence-electron chi connectivity index (χ3n) is 2.51. The number of esters is 1. The molecule has 1 aliphatic carbocycles. The highest BCUT2D eigenvalue weighted by Crippen LogP contribution is 2.21. The van der Waals surface area contributed by atoms with E-state index in [-0.39, 0.29) is 5.78 Å². The summed E-state index contributed by atoms with van der Waals surface area (Å²) in [5.41, 5.74) is 0. The lowest BCUT2D eigenvalue weighted by atomic mass is 9.94. The van der Waals surface area contributed by atoms with Crippen molar-refractivity contribution in [2.45, 2.75) is 32.1 Å². The molecule has 0 saturated heterocycles. The monoisotopic (exact) mass is 198 g/mol. The summed E-state index contributed by atoms with van der Waals surface area (Å²) < 4.78 is 4.31. The maximum absolute atomic E-state index is 11.4. The van der Waals surface area contributed by atoms with Gasteiger partial charge in [-0.05, 0) is 12.8 Å². The molecule has 0 bridgehead atoms. The first-order valence-electron chi connectivity index (χ1n) is 4.81. The first-order chi connectivity index (χ1) is 6.66. The fraction of sp³-hybridized carbons (Fsp3) is 0.700. The average Bonchev–Trinajstić information content (AvgIpc) is 2.40. The summed E-state index contributed by atoms with van der Waals surface area (Å²) in [6.45, 7) is 0. The maximum Gasteiger partial charge on any atom is 0.375 e. The second-order valence-corrected chi connectivity index (χ2v) is 3.47. The van der Waals surface area contributed by atoms with Crippen molar-refractivity contribution in [1.29, 1.82) is 0 Å². The highest BCUT2D eigenvalue weighted by Gasteiger charge is 2.32. The lowest BCUT2D eigenvalue weighted by molar-refractivity contribution is -0.155. The van der Waals surface area contributed by atoms with Crippen LogP contribution in [0.5, 0.6) is 0 Å². The molecule has 0 aromatic heterocycles. The third-order valence-corrected chi connectivity index (χ3v) is 2.51. The average molecular weight is 198 g/mol. The van der Waals surface area contributed by atoms with E-state index < -0.39 is 17.7 Å². The van der Waals surface area contributed by atoms with Crippen LogP contribution >= 0.6 is 0 Å². The van der Waals surface area contributed by atoms with Gasteiger partial charge in [0.15, 0.2) is 0 Å². The fourth-order valence-corrected chi connectivity index (χ4v) is 1.68. The van der Waals surface area contributed by atoms with Crippen molar-refractivity contribution in [3.05, 3.63) is 0 Å². The van der Waals surface area contributed by atoms with E-state index in [1.807, 2.05) is 0 Å². The molecule has 4 heteroatoms. The molecule has 0 aliphatic heterocycles. The van der Waals surface area contributed by atoms with Gasteiger partial charge in [0.05, 0.1) is 13.0 Å². The van der Waals surface area contributed by atoms with E-state index >= 15 is 0 Å². The summed E-state index contributed by atoms with van der Waals surface area (Å²) in [7, 11) is 1.15. The van der Waals surface area contributed by atoms with Crippen LogP contribution in [0.25, 0.3) is 0 Å². The Balaban J connectivity index is 2.68.